The molecule has 0 aliphatic carbocycles. The molecule has 0 aliphatic rings. The lowest BCUT2D eigenvalue weighted by molar-refractivity contribution is -0.136. The molecule has 0 bridgehead atoms. The third-order valence-corrected chi connectivity index (χ3v) is 2.74. The number of carbonyl (C=O) groups is 3. The summed E-state index contributed by atoms with van der Waals surface area (Å²) in [5.41, 5.74) is 0.0153. The van der Waals surface area contributed by atoms with Gasteiger partial charge in [0.05, 0.1) is 18.9 Å². The van der Waals surface area contributed by atoms with E-state index in [0.29, 0.717) is 5.56 Å². The largest absolute Gasteiger partial charge is 0.456 e. The molecule has 1 aromatic carbocycles. The van der Waals surface area contributed by atoms with Crippen LogP contribution in [0, 0.1) is 11.8 Å². The van der Waals surface area contributed by atoms with Crippen molar-refractivity contribution >= 4 is 23.8 Å². The molecule has 26 heavy (non-hydrogen) atoms. The lowest BCUT2D eigenvalue weighted by Gasteiger charge is -2.25. The van der Waals surface area contributed by atoms with Crippen molar-refractivity contribution in [3.63, 3.8) is 0 Å². The van der Waals surface area contributed by atoms with Gasteiger partial charge >= 0.3 is 18.2 Å². The van der Waals surface area contributed by atoms with Gasteiger partial charge in [-0.1, -0.05) is 5.92 Å². The predicted octanol–water partition coefficient (Wildman–Crippen LogP) is 3.50. The molecule has 7 nitrogen and oxygen atoms in total. The van der Waals surface area contributed by atoms with Crippen LogP contribution in [0.25, 0.3) is 0 Å². The van der Waals surface area contributed by atoms with Crippen LogP contribution in [-0.4, -0.2) is 37.0 Å². The molecule has 0 heterocycles. The lowest BCUT2D eigenvalue weighted by Crippen LogP contribution is -2.41. The number of nitrogens with zero attached hydrogens (tertiary/aromatic N) is 1. The normalized spacial score (nSPS) is 10.2. The average molecular weight is 361 g/mol. The van der Waals surface area contributed by atoms with Crippen LogP contribution >= 0.6 is 0 Å². The molecule has 0 radical (unpaired) electrons. The number of ether oxygens (including phenoxy) is 3. The highest BCUT2D eigenvalue weighted by Gasteiger charge is 2.29. The molecule has 1 aromatic rings. The number of hydrogen-bond acceptors (Lipinski definition) is 6. The van der Waals surface area contributed by atoms with Crippen LogP contribution in [0.1, 0.15) is 40.2 Å². The number of imide groups is 1. The second-order valence-electron chi connectivity index (χ2n) is 6.03. The van der Waals surface area contributed by atoms with E-state index in [2.05, 4.69) is 11.8 Å². The molecule has 1 rings (SSSR count). The van der Waals surface area contributed by atoms with E-state index < -0.39 is 23.8 Å². The predicted molar refractivity (Wildman–Crippen MR) is 95.7 cm³/mol. The Hall–Kier alpha value is -3.01. The molecule has 140 valence electrons. The minimum absolute atomic E-state index is 0.112. The quantitative estimate of drug-likeness (QED) is 0.466. The molecule has 0 fully saturated rings. The zero-order valence-electron chi connectivity index (χ0n) is 15.6. The van der Waals surface area contributed by atoms with Gasteiger partial charge < -0.3 is 14.2 Å². The molecule has 0 aromatic heterocycles. The number of esters is 1. The third-order valence-electron chi connectivity index (χ3n) is 2.74. The molecule has 0 spiro atoms. The van der Waals surface area contributed by atoms with Crippen molar-refractivity contribution in [3.05, 3.63) is 29.8 Å². The Balaban J connectivity index is 3.05. The fraction of sp³-hybridized carbons (Fsp3) is 0.421. The van der Waals surface area contributed by atoms with Gasteiger partial charge in [0.15, 0.2) is 0 Å². The van der Waals surface area contributed by atoms with Crippen LogP contribution in [0.2, 0.25) is 0 Å². The van der Waals surface area contributed by atoms with E-state index >= 15 is 0 Å². The van der Waals surface area contributed by atoms with Crippen LogP contribution in [0.3, 0.4) is 0 Å². The first-order valence-corrected chi connectivity index (χ1v) is 8.16. The van der Waals surface area contributed by atoms with E-state index in [1.165, 1.54) is 12.1 Å². The van der Waals surface area contributed by atoms with Gasteiger partial charge in [-0.25, -0.2) is 14.4 Å². The van der Waals surface area contributed by atoms with Crippen LogP contribution < -0.4 is 4.90 Å². The van der Waals surface area contributed by atoms with Gasteiger partial charge in [-0.05, 0) is 58.9 Å². The van der Waals surface area contributed by atoms with E-state index in [1.807, 2.05) is 0 Å². The summed E-state index contributed by atoms with van der Waals surface area (Å²) in [4.78, 5) is 36.6. The molecule has 0 unspecified atom stereocenters. The van der Waals surface area contributed by atoms with Crippen LogP contribution in [0.5, 0.6) is 0 Å². The number of carbonyl (C=O) groups excluding carboxylic acids is 3. The summed E-state index contributed by atoms with van der Waals surface area (Å²) in [6.45, 7) is 8.78. The Labute approximate surface area is 153 Å². The topological polar surface area (TPSA) is 82.1 Å². The van der Waals surface area contributed by atoms with Crippen LogP contribution in [0.4, 0.5) is 15.3 Å². The molecule has 0 aliphatic heterocycles. The van der Waals surface area contributed by atoms with E-state index in [-0.39, 0.29) is 18.9 Å². The van der Waals surface area contributed by atoms with Gasteiger partial charge in [0.2, 0.25) is 0 Å². The third kappa shape index (κ3) is 6.85. The zero-order chi connectivity index (χ0) is 19.7. The van der Waals surface area contributed by atoms with Crippen molar-refractivity contribution < 1.29 is 28.6 Å². The Morgan fingerprint density at radius 3 is 2.04 bits per heavy atom. The molecule has 0 N–H and O–H groups in total. The monoisotopic (exact) mass is 361 g/mol. The standard InChI is InChI=1S/C19H23NO6/c1-6-24-16(21)13-10-14-8-11-15(12-9-14)20(17(22)25-7-2)18(23)26-19(3,4)5/h8-9,11-12H,6-7H2,1-5H3. The number of rotatable bonds is 3. The molecule has 7 heteroatoms. The molecular formula is C19H23NO6. The fourth-order valence-electron chi connectivity index (χ4n) is 1.77. The first-order valence-electron chi connectivity index (χ1n) is 8.16. The fourth-order valence-corrected chi connectivity index (χ4v) is 1.77. The Morgan fingerprint density at radius 2 is 1.54 bits per heavy atom. The highest BCUT2D eigenvalue weighted by atomic mass is 16.6. The molecule has 0 saturated carbocycles. The maximum Gasteiger partial charge on any atom is 0.424 e. The molecular weight excluding hydrogens is 338 g/mol. The lowest BCUT2D eigenvalue weighted by atomic mass is 10.2. The van der Waals surface area contributed by atoms with Gasteiger partial charge in [-0.3, -0.25) is 0 Å². The van der Waals surface area contributed by atoms with Crippen molar-refractivity contribution in [1.29, 1.82) is 0 Å². The van der Waals surface area contributed by atoms with Gasteiger partial charge in [0.25, 0.3) is 0 Å². The molecule has 2 amide bonds. The Morgan fingerprint density at radius 1 is 0.962 bits per heavy atom. The SMILES string of the molecule is CCOC(=O)C#Cc1ccc(N(C(=O)OCC)C(=O)OC(C)(C)C)cc1. The van der Waals surface area contributed by atoms with E-state index in [9.17, 15) is 14.4 Å². The molecule has 0 atom stereocenters. The first kappa shape index (κ1) is 21.0. The number of hydrogen-bond donors (Lipinski definition) is 0. The molecule has 0 saturated heterocycles. The van der Waals surface area contributed by atoms with Crippen LogP contribution in [-0.2, 0) is 19.0 Å². The Kier molecular flexibility index (Phi) is 7.66. The zero-order valence-corrected chi connectivity index (χ0v) is 15.6. The number of amides is 2. The summed E-state index contributed by atoms with van der Waals surface area (Å²) >= 11 is 0. The van der Waals surface area contributed by atoms with Crippen molar-refractivity contribution in [2.45, 2.75) is 40.2 Å². The van der Waals surface area contributed by atoms with Crippen molar-refractivity contribution in [2.24, 2.45) is 0 Å². The summed E-state index contributed by atoms with van der Waals surface area (Å²) in [5, 5.41) is 0. The van der Waals surface area contributed by atoms with Gasteiger partial charge in [-0.15, -0.1) is 0 Å². The average Bonchev–Trinajstić information content (AvgIpc) is 2.53. The summed E-state index contributed by atoms with van der Waals surface area (Å²) in [5.74, 6) is 4.35. The maximum absolute atomic E-state index is 12.4. The number of anilines is 1. The minimum atomic E-state index is -0.846. The second kappa shape index (κ2) is 9.47. The van der Waals surface area contributed by atoms with E-state index in [4.69, 9.17) is 14.2 Å². The van der Waals surface area contributed by atoms with Gasteiger partial charge in [0, 0.05) is 11.5 Å². The maximum atomic E-state index is 12.4. The van der Waals surface area contributed by atoms with Gasteiger partial charge in [-0.2, -0.15) is 4.90 Å². The highest BCUT2D eigenvalue weighted by Crippen LogP contribution is 2.20. The Bertz CT molecular complexity index is 706. The van der Waals surface area contributed by atoms with Crippen LogP contribution in [0.15, 0.2) is 24.3 Å². The highest BCUT2D eigenvalue weighted by molar-refractivity contribution is 6.09. The van der Waals surface area contributed by atoms with E-state index in [1.54, 1.807) is 46.8 Å². The van der Waals surface area contributed by atoms with Crippen molar-refractivity contribution in [2.75, 3.05) is 18.1 Å². The summed E-state index contributed by atoms with van der Waals surface area (Å²) in [7, 11) is 0. The smallest absolute Gasteiger partial charge is 0.424 e. The summed E-state index contributed by atoms with van der Waals surface area (Å²) < 4.78 is 14.9. The minimum Gasteiger partial charge on any atom is -0.456 e. The van der Waals surface area contributed by atoms with E-state index in [0.717, 1.165) is 4.90 Å². The number of benzene rings is 1. The second-order valence-corrected chi connectivity index (χ2v) is 6.03. The van der Waals surface area contributed by atoms with Gasteiger partial charge in [0.1, 0.15) is 5.60 Å². The first-order chi connectivity index (χ1) is 12.2. The summed E-state index contributed by atoms with van der Waals surface area (Å²) in [6.07, 6.45) is -1.69. The summed E-state index contributed by atoms with van der Waals surface area (Å²) in [6, 6.07) is 6.16. The van der Waals surface area contributed by atoms with Crippen molar-refractivity contribution in [1.82, 2.24) is 0 Å². The van der Waals surface area contributed by atoms with Crippen molar-refractivity contribution in [3.8, 4) is 11.8 Å².